The van der Waals surface area contributed by atoms with Crippen LogP contribution in [0, 0.1) is 6.92 Å². The van der Waals surface area contributed by atoms with Crippen LogP contribution in [-0.4, -0.2) is 29.6 Å². The quantitative estimate of drug-likeness (QED) is 0.585. The van der Waals surface area contributed by atoms with Crippen molar-refractivity contribution in [2.24, 2.45) is 0 Å². The lowest BCUT2D eigenvalue weighted by molar-refractivity contribution is -0.140. The molecule has 1 aromatic heterocycles. The van der Waals surface area contributed by atoms with E-state index < -0.39 is 0 Å². The first-order valence-electron chi connectivity index (χ1n) is 7.19. The Morgan fingerprint density at radius 2 is 2.05 bits per heavy atom. The summed E-state index contributed by atoms with van der Waals surface area (Å²) in [7, 11) is 1.42. The molecular formula is C15H25N3O2. The normalized spacial score (nSPS) is 10.7. The lowest BCUT2D eigenvalue weighted by Gasteiger charge is -2.10. The first kappa shape index (κ1) is 16.4. The highest BCUT2D eigenvalue weighted by Gasteiger charge is 2.05. The molecule has 0 spiro atoms. The summed E-state index contributed by atoms with van der Waals surface area (Å²) in [5, 5.41) is 3.24. The summed E-state index contributed by atoms with van der Waals surface area (Å²) in [6.07, 6.45) is 3.34. The Balaban J connectivity index is 2.30. The summed E-state index contributed by atoms with van der Waals surface area (Å²) >= 11 is 0. The molecule has 1 rings (SSSR count). The number of methoxy groups -OCH3 is 1. The van der Waals surface area contributed by atoms with E-state index in [0.29, 0.717) is 18.3 Å². The second kappa shape index (κ2) is 8.51. The molecule has 5 nitrogen and oxygen atoms in total. The number of anilines is 1. The third kappa shape index (κ3) is 5.99. The number of nitrogens with one attached hydrogen (secondary N) is 1. The van der Waals surface area contributed by atoms with Crippen LogP contribution >= 0.6 is 0 Å². The molecule has 0 atom stereocenters. The topological polar surface area (TPSA) is 64.1 Å². The van der Waals surface area contributed by atoms with Gasteiger partial charge in [0.1, 0.15) is 0 Å². The third-order valence-corrected chi connectivity index (χ3v) is 3.03. The molecule has 5 heteroatoms. The van der Waals surface area contributed by atoms with E-state index in [1.54, 1.807) is 0 Å². The van der Waals surface area contributed by atoms with E-state index in [1.807, 2.05) is 13.0 Å². The van der Waals surface area contributed by atoms with Gasteiger partial charge in [0.25, 0.3) is 0 Å². The summed E-state index contributed by atoms with van der Waals surface area (Å²) < 4.78 is 4.60. The minimum absolute atomic E-state index is 0.137. The summed E-state index contributed by atoms with van der Waals surface area (Å²) in [5.41, 5.74) is 2.04. The molecule has 0 aliphatic rings. The van der Waals surface area contributed by atoms with Crippen molar-refractivity contribution >= 4 is 11.9 Å². The van der Waals surface area contributed by atoms with Gasteiger partial charge in [-0.25, -0.2) is 9.97 Å². The standard InChI is InChI=1S/C15H25N3O2/c1-11(2)13-10-12(3)17-15(18-13)16-9-7-5-6-8-14(19)20-4/h10-11H,5-9H2,1-4H3,(H,16,17,18). The maximum Gasteiger partial charge on any atom is 0.305 e. The molecule has 0 radical (unpaired) electrons. The highest BCUT2D eigenvalue weighted by molar-refractivity contribution is 5.68. The molecule has 0 aliphatic carbocycles. The molecule has 0 amide bonds. The van der Waals surface area contributed by atoms with Crippen molar-refractivity contribution in [3.05, 3.63) is 17.5 Å². The van der Waals surface area contributed by atoms with Gasteiger partial charge in [0.05, 0.1) is 7.11 Å². The van der Waals surface area contributed by atoms with E-state index >= 15 is 0 Å². The Morgan fingerprint density at radius 1 is 1.30 bits per heavy atom. The lowest BCUT2D eigenvalue weighted by Crippen LogP contribution is -2.08. The molecule has 1 N–H and O–H groups in total. The predicted molar refractivity (Wildman–Crippen MR) is 79.8 cm³/mol. The van der Waals surface area contributed by atoms with Gasteiger partial charge in [0.15, 0.2) is 0 Å². The molecule has 0 aromatic carbocycles. The maximum atomic E-state index is 10.9. The second-order valence-electron chi connectivity index (χ2n) is 5.23. The number of unbranched alkanes of at least 4 members (excludes halogenated alkanes) is 2. The Kier molecular flexibility index (Phi) is 6.98. The molecule has 0 unspecified atom stereocenters. The average molecular weight is 279 g/mol. The van der Waals surface area contributed by atoms with E-state index in [0.717, 1.165) is 37.2 Å². The zero-order valence-corrected chi connectivity index (χ0v) is 12.9. The van der Waals surface area contributed by atoms with E-state index in [9.17, 15) is 4.79 Å². The average Bonchev–Trinajstić information content (AvgIpc) is 2.41. The Labute approximate surface area is 121 Å². The van der Waals surface area contributed by atoms with Gasteiger partial charge in [-0.05, 0) is 31.7 Å². The van der Waals surface area contributed by atoms with Crippen LogP contribution in [0.25, 0.3) is 0 Å². The zero-order valence-electron chi connectivity index (χ0n) is 12.9. The van der Waals surface area contributed by atoms with Crippen LogP contribution in [0.2, 0.25) is 0 Å². The Hall–Kier alpha value is -1.65. The summed E-state index contributed by atoms with van der Waals surface area (Å²) in [5.74, 6) is 0.959. The number of ether oxygens (including phenoxy) is 1. The highest BCUT2D eigenvalue weighted by atomic mass is 16.5. The van der Waals surface area contributed by atoms with Crippen LogP contribution in [0.1, 0.15) is 56.8 Å². The van der Waals surface area contributed by atoms with E-state index in [1.165, 1.54) is 7.11 Å². The Morgan fingerprint density at radius 3 is 2.70 bits per heavy atom. The van der Waals surface area contributed by atoms with Gasteiger partial charge >= 0.3 is 5.97 Å². The largest absolute Gasteiger partial charge is 0.469 e. The van der Waals surface area contributed by atoms with Crippen molar-refractivity contribution in [1.29, 1.82) is 0 Å². The molecule has 0 fully saturated rings. The monoisotopic (exact) mass is 279 g/mol. The number of nitrogens with zero attached hydrogens (tertiary/aromatic N) is 2. The number of hydrogen-bond donors (Lipinski definition) is 1. The van der Waals surface area contributed by atoms with Gasteiger partial charge in [-0.1, -0.05) is 20.3 Å². The van der Waals surface area contributed by atoms with Gasteiger partial charge in [-0.3, -0.25) is 4.79 Å². The van der Waals surface area contributed by atoms with Gasteiger partial charge in [0, 0.05) is 24.4 Å². The van der Waals surface area contributed by atoms with E-state index in [2.05, 4.69) is 33.9 Å². The minimum Gasteiger partial charge on any atom is -0.469 e. The summed E-state index contributed by atoms with van der Waals surface area (Å²) in [6.45, 7) is 7.05. The fourth-order valence-electron chi connectivity index (χ4n) is 1.84. The first-order valence-corrected chi connectivity index (χ1v) is 7.19. The van der Waals surface area contributed by atoms with Crippen molar-refractivity contribution in [3.63, 3.8) is 0 Å². The fourth-order valence-corrected chi connectivity index (χ4v) is 1.84. The minimum atomic E-state index is -0.137. The highest BCUT2D eigenvalue weighted by Crippen LogP contribution is 2.14. The van der Waals surface area contributed by atoms with Crippen molar-refractivity contribution < 1.29 is 9.53 Å². The van der Waals surface area contributed by atoms with E-state index in [4.69, 9.17) is 0 Å². The number of esters is 1. The zero-order chi connectivity index (χ0) is 15.0. The number of aromatic nitrogens is 2. The number of carbonyl (C=O) groups excluding carboxylic acids is 1. The number of aryl methyl sites for hydroxylation is 1. The van der Waals surface area contributed by atoms with Crippen LogP contribution < -0.4 is 5.32 Å². The molecule has 0 bridgehead atoms. The van der Waals surface area contributed by atoms with Crippen LogP contribution in [0.5, 0.6) is 0 Å². The van der Waals surface area contributed by atoms with Gasteiger partial charge in [-0.15, -0.1) is 0 Å². The molecular weight excluding hydrogens is 254 g/mol. The van der Waals surface area contributed by atoms with Gasteiger partial charge in [-0.2, -0.15) is 0 Å². The van der Waals surface area contributed by atoms with Crippen LogP contribution in [-0.2, 0) is 9.53 Å². The molecule has 112 valence electrons. The van der Waals surface area contributed by atoms with Crippen molar-refractivity contribution in [2.45, 2.75) is 52.4 Å². The molecule has 1 heterocycles. The summed E-state index contributed by atoms with van der Waals surface area (Å²) in [4.78, 5) is 19.8. The number of hydrogen-bond acceptors (Lipinski definition) is 5. The predicted octanol–water partition coefficient (Wildman–Crippen LogP) is 3.05. The number of rotatable bonds is 8. The van der Waals surface area contributed by atoms with Crippen LogP contribution in [0.4, 0.5) is 5.95 Å². The summed E-state index contributed by atoms with van der Waals surface area (Å²) in [6, 6.07) is 2.02. The molecule has 0 aliphatic heterocycles. The van der Waals surface area contributed by atoms with Crippen molar-refractivity contribution in [2.75, 3.05) is 19.0 Å². The van der Waals surface area contributed by atoms with Gasteiger partial charge < -0.3 is 10.1 Å². The molecule has 0 saturated heterocycles. The lowest BCUT2D eigenvalue weighted by atomic mass is 10.1. The second-order valence-corrected chi connectivity index (χ2v) is 5.23. The number of carbonyl (C=O) groups is 1. The smallest absolute Gasteiger partial charge is 0.305 e. The van der Waals surface area contributed by atoms with E-state index in [-0.39, 0.29) is 5.97 Å². The van der Waals surface area contributed by atoms with Crippen LogP contribution in [0.15, 0.2) is 6.07 Å². The molecule has 0 saturated carbocycles. The molecule has 20 heavy (non-hydrogen) atoms. The van der Waals surface area contributed by atoms with Crippen LogP contribution in [0.3, 0.4) is 0 Å². The Bertz CT molecular complexity index is 433. The van der Waals surface area contributed by atoms with Crippen molar-refractivity contribution in [3.8, 4) is 0 Å². The third-order valence-electron chi connectivity index (χ3n) is 3.03. The fraction of sp³-hybridized carbons (Fsp3) is 0.667. The molecule has 1 aromatic rings. The van der Waals surface area contributed by atoms with Gasteiger partial charge in [0.2, 0.25) is 5.95 Å². The first-order chi connectivity index (χ1) is 9.52. The van der Waals surface area contributed by atoms with Crippen molar-refractivity contribution in [1.82, 2.24) is 9.97 Å². The SMILES string of the molecule is COC(=O)CCCCCNc1nc(C)cc(C(C)C)n1. The maximum absolute atomic E-state index is 10.9.